The summed E-state index contributed by atoms with van der Waals surface area (Å²) < 4.78 is 13.7. The minimum absolute atomic E-state index is 0.250. The molecule has 0 radical (unpaired) electrons. The van der Waals surface area contributed by atoms with Gasteiger partial charge in [-0.05, 0) is 78.6 Å². The molecule has 38 heavy (non-hydrogen) atoms. The minimum Gasteiger partial charge on any atom is -0.381 e. The lowest BCUT2D eigenvalue weighted by Crippen LogP contribution is -2.13. The number of hydrogen-bond acceptors (Lipinski definition) is 8. The first-order valence-electron chi connectivity index (χ1n) is 12.3. The van der Waals surface area contributed by atoms with Crippen LogP contribution in [0.25, 0.3) is 25.7 Å². The van der Waals surface area contributed by atoms with E-state index < -0.39 is 0 Å². The van der Waals surface area contributed by atoms with Gasteiger partial charge >= 0.3 is 12.3 Å². The predicted molar refractivity (Wildman–Crippen MR) is 149 cm³/mol. The molecule has 4 aromatic rings. The van der Waals surface area contributed by atoms with Crippen molar-refractivity contribution in [1.29, 1.82) is 0 Å². The fourth-order valence-electron chi connectivity index (χ4n) is 4.76. The van der Waals surface area contributed by atoms with Crippen LogP contribution >= 0.6 is 22.7 Å². The average molecular weight is 551 g/mol. The van der Waals surface area contributed by atoms with E-state index in [2.05, 4.69) is 68.5 Å². The highest BCUT2D eigenvalue weighted by atomic mass is 32.1. The molecule has 198 valence electrons. The Hall–Kier alpha value is -3.22. The fourth-order valence-corrected chi connectivity index (χ4v) is 6.93. The van der Waals surface area contributed by atoms with Crippen LogP contribution in [0.4, 0.5) is 0 Å². The van der Waals surface area contributed by atoms with Crippen molar-refractivity contribution < 1.29 is 28.7 Å². The van der Waals surface area contributed by atoms with Crippen molar-refractivity contribution in [3.05, 3.63) is 75.5 Å². The van der Waals surface area contributed by atoms with Gasteiger partial charge in [0.05, 0.1) is 13.2 Å². The zero-order valence-electron chi connectivity index (χ0n) is 21.5. The lowest BCUT2D eigenvalue weighted by atomic mass is 9.91. The summed E-state index contributed by atoms with van der Waals surface area (Å²) >= 11 is 3.82. The molecule has 4 heterocycles. The van der Waals surface area contributed by atoms with Crippen molar-refractivity contribution in [2.24, 2.45) is 0 Å². The molecular weight excluding hydrogens is 520 g/mol. The smallest absolute Gasteiger partial charge is 0.373 e. The van der Waals surface area contributed by atoms with Gasteiger partial charge < -0.3 is 9.47 Å². The Balaban J connectivity index is 0.000000175. The summed E-state index contributed by atoms with van der Waals surface area (Å²) in [5.74, 6) is 0.704. The maximum atomic E-state index is 8.12. The molecule has 6 nitrogen and oxygen atoms in total. The molecule has 1 fully saturated rings. The fraction of sp³-hybridized carbons (Fsp3) is 0.333. The zero-order valence-corrected chi connectivity index (χ0v) is 23.1. The summed E-state index contributed by atoms with van der Waals surface area (Å²) in [6.45, 7) is 7.82. The van der Waals surface area contributed by atoms with Crippen LogP contribution in [-0.2, 0) is 28.7 Å². The summed E-state index contributed by atoms with van der Waals surface area (Å²) in [4.78, 5) is 35.3. The summed E-state index contributed by atoms with van der Waals surface area (Å²) in [7, 11) is 0. The molecular formula is C30H30O6S2. The second kappa shape index (κ2) is 15.3. The van der Waals surface area contributed by atoms with E-state index in [-0.39, 0.29) is 12.3 Å². The Morgan fingerprint density at radius 1 is 0.763 bits per heavy atom. The molecule has 1 saturated heterocycles. The van der Waals surface area contributed by atoms with Crippen LogP contribution in [0.1, 0.15) is 46.1 Å². The summed E-state index contributed by atoms with van der Waals surface area (Å²) in [5, 5.41) is 2.78. The number of hydrogen-bond donors (Lipinski definition) is 0. The maximum absolute atomic E-state index is 8.12. The van der Waals surface area contributed by atoms with E-state index in [1.165, 1.54) is 53.9 Å². The minimum atomic E-state index is 0.250. The van der Waals surface area contributed by atoms with E-state index in [1.807, 2.05) is 22.7 Å². The average Bonchev–Trinajstić information content (AvgIpc) is 3.51. The Morgan fingerprint density at radius 3 is 1.95 bits per heavy atom. The van der Waals surface area contributed by atoms with E-state index in [4.69, 9.17) is 28.7 Å². The molecule has 8 heteroatoms. The van der Waals surface area contributed by atoms with Crippen molar-refractivity contribution in [1.82, 2.24) is 0 Å². The van der Waals surface area contributed by atoms with Gasteiger partial charge in [0.1, 0.15) is 0 Å². The van der Waals surface area contributed by atoms with E-state index in [9.17, 15) is 0 Å². The Bertz CT molecular complexity index is 1420. The van der Waals surface area contributed by atoms with E-state index in [0.717, 1.165) is 32.8 Å². The largest absolute Gasteiger partial charge is 0.381 e. The summed E-state index contributed by atoms with van der Waals surface area (Å²) in [6, 6.07) is 17.9. The molecule has 2 aliphatic rings. The number of aryl methyl sites for hydroxylation is 2. The zero-order chi connectivity index (χ0) is 27.3. The van der Waals surface area contributed by atoms with Crippen LogP contribution in [0, 0.1) is 13.8 Å². The molecule has 0 N–H and O–H groups in total. The summed E-state index contributed by atoms with van der Waals surface area (Å²) in [6.07, 6.45) is 6.11. The van der Waals surface area contributed by atoms with Gasteiger partial charge in [0, 0.05) is 32.4 Å². The third-order valence-electron chi connectivity index (χ3n) is 6.34. The van der Waals surface area contributed by atoms with Crippen molar-refractivity contribution in [2.45, 2.75) is 39.0 Å². The maximum Gasteiger partial charge on any atom is 0.373 e. The van der Waals surface area contributed by atoms with Gasteiger partial charge in [-0.2, -0.15) is 19.2 Å². The van der Waals surface area contributed by atoms with Crippen LogP contribution in [-0.4, -0.2) is 38.7 Å². The van der Waals surface area contributed by atoms with Crippen LogP contribution < -0.4 is 0 Å². The predicted octanol–water partition coefficient (Wildman–Crippen LogP) is 6.95. The second-order valence-electron chi connectivity index (χ2n) is 8.81. The molecule has 0 aliphatic carbocycles. The van der Waals surface area contributed by atoms with Crippen LogP contribution in [0.2, 0.25) is 0 Å². The molecule has 0 bridgehead atoms. The first-order chi connectivity index (χ1) is 18.5. The first-order valence-corrected chi connectivity index (χ1v) is 14.0. The normalized spacial score (nSPS) is 14.9. The highest BCUT2D eigenvalue weighted by Gasteiger charge is 2.18. The summed E-state index contributed by atoms with van der Waals surface area (Å²) in [5.41, 5.74) is 4.39. The number of fused-ring (bicyclic) bond motifs is 2. The second-order valence-corrected chi connectivity index (χ2v) is 11.3. The van der Waals surface area contributed by atoms with Gasteiger partial charge in [-0.1, -0.05) is 42.5 Å². The Labute approximate surface area is 229 Å². The van der Waals surface area contributed by atoms with Crippen molar-refractivity contribution >= 4 is 60.7 Å². The van der Waals surface area contributed by atoms with Gasteiger partial charge in [0.2, 0.25) is 0 Å². The Kier molecular flexibility index (Phi) is 11.8. The van der Waals surface area contributed by atoms with Crippen LogP contribution in [0.15, 0.2) is 54.6 Å². The van der Waals surface area contributed by atoms with Crippen molar-refractivity contribution in [3.63, 3.8) is 0 Å². The van der Waals surface area contributed by atoms with Gasteiger partial charge in [0.25, 0.3) is 0 Å². The molecule has 0 amide bonds. The van der Waals surface area contributed by atoms with Crippen molar-refractivity contribution in [2.75, 3.05) is 26.4 Å². The molecule has 6 rings (SSSR count). The van der Waals surface area contributed by atoms with Crippen molar-refractivity contribution in [3.8, 4) is 0 Å². The monoisotopic (exact) mass is 550 g/mol. The highest BCUT2D eigenvalue weighted by molar-refractivity contribution is 7.19. The third kappa shape index (κ3) is 7.89. The first kappa shape index (κ1) is 29.3. The molecule has 0 unspecified atom stereocenters. The SMILES string of the molecule is Cc1cc2cccc(C3=CCOCC3)c2s1.Cc1cc2cccc(C3CCOCC3)c2s1.O=C=O.O=C=O. The molecule has 0 spiro atoms. The molecule has 2 aromatic carbocycles. The molecule has 2 aliphatic heterocycles. The van der Waals surface area contributed by atoms with Gasteiger partial charge in [-0.25, -0.2) is 0 Å². The molecule has 0 atom stereocenters. The number of rotatable bonds is 2. The standard InChI is InChI=1S/C14H16OS.C14H14OS.2CO2/c2*1-10-9-12-3-2-4-13(14(12)16-10)11-5-7-15-8-6-11;2*2-1-3/h2-4,9,11H,5-8H2,1H3;2-5,9H,6-8H2,1H3;;. The van der Waals surface area contributed by atoms with Crippen LogP contribution in [0.5, 0.6) is 0 Å². The van der Waals surface area contributed by atoms with E-state index in [0.29, 0.717) is 5.92 Å². The topological polar surface area (TPSA) is 86.7 Å². The van der Waals surface area contributed by atoms with E-state index >= 15 is 0 Å². The number of thiophene rings is 2. The highest BCUT2D eigenvalue weighted by Crippen LogP contribution is 2.37. The van der Waals surface area contributed by atoms with E-state index in [1.54, 1.807) is 5.56 Å². The quantitative estimate of drug-likeness (QED) is 0.268. The van der Waals surface area contributed by atoms with Crippen LogP contribution in [0.3, 0.4) is 0 Å². The van der Waals surface area contributed by atoms with Gasteiger partial charge in [-0.3, -0.25) is 0 Å². The molecule has 0 saturated carbocycles. The number of ether oxygens (including phenoxy) is 2. The number of carbonyl (C=O) groups excluding carboxylic acids is 4. The van der Waals surface area contributed by atoms with Gasteiger partial charge in [-0.15, -0.1) is 22.7 Å². The third-order valence-corrected chi connectivity index (χ3v) is 8.55. The van der Waals surface area contributed by atoms with Gasteiger partial charge in [0.15, 0.2) is 0 Å². The molecule has 2 aromatic heterocycles. The Morgan fingerprint density at radius 2 is 1.34 bits per heavy atom. The lowest BCUT2D eigenvalue weighted by Gasteiger charge is -2.22. The lowest BCUT2D eigenvalue weighted by molar-refractivity contribution is -0.193. The number of benzene rings is 2.